The summed E-state index contributed by atoms with van der Waals surface area (Å²) in [7, 11) is 0. The Morgan fingerprint density at radius 2 is 1.92 bits per heavy atom. The lowest BCUT2D eigenvalue weighted by Gasteiger charge is -2.29. The number of aromatic nitrogens is 2. The van der Waals surface area contributed by atoms with Gasteiger partial charge in [-0.2, -0.15) is 0 Å². The molecule has 25 heavy (non-hydrogen) atoms. The minimum absolute atomic E-state index is 0.184. The summed E-state index contributed by atoms with van der Waals surface area (Å²) in [6, 6.07) is 0. The molecule has 0 atom stereocenters. The Bertz CT molecular complexity index is 573. The van der Waals surface area contributed by atoms with E-state index in [1.165, 1.54) is 0 Å². The molecule has 0 aliphatic heterocycles. The second-order valence-electron chi connectivity index (χ2n) is 7.67. The Kier molecular flexibility index (Phi) is 7.45. The Hall–Kier alpha value is -2.05. The van der Waals surface area contributed by atoms with Crippen molar-refractivity contribution in [1.29, 1.82) is 0 Å². The molecule has 0 spiro atoms. The highest BCUT2D eigenvalue weighted by Gasteiger charge is 2.26. The van der Waals surface area contributed by atoms with E-state index in [1.807, 2.05) is 39.2 Å². The van der Waals surface area contributed by atoms with Crippen molar-refractivity contribution in [2.24, 2.45) is 0 Å². The lowest BCUT2D eigenvalue weighted by molar-refractivity contribution is -0.143. The quantitative estimate of drug-likeness (QED) is 0.726. The fourth-order valence-corrected chi connectivity index (χ4v) is 2.40. The zero-order valence-corrected chi connectivity index (χ0v) is 16.2. The third-order valence-electron chi connectivity index (χ3n) is 3.35. The molecule has 1 amide bonds. The maximum atomic E-state index is 12.0. The van der Waals surface area contributed by atoms with Gasteiger partial charge in [0.2, 0.25) is 0 Å². The molecule has 0 aliphatic rings. The number of nitrogens with one attached hydrogen (secondary N) is 1. The molecule has 1 N–H and O–H groups in total. The first-order valence-electron chi connectivity index (χ1n) is 8.68. The van der Waals surface area contributed by atoms with Crippen LogP contribution in [0, 0.1) is 0 Å². The Balaban J connectivity index is 2.57. The minimum atomic E-state index is -0.533. The van der Waals surface area contributed by atoms with Gasteiger partial charge in [0.1, 0.15) is 5.60 Å². The van der Waals surface area contributed by atoms with Gasteiger partial charge >= 0.3 is 12.1 Å². The van der Waals surface area contributed by atoms with Crippen molar-refractivity contribution < 1.29 is 19.1 Å². The van der Waals surface area contributed by atoms with E-state index in [9.17, 15) is 9.59 Å². The topological polar surface area (TPSA) is 82.5 Å². The van der Waals surface area contributed by atoms with Gasteiger partial charge in [0.25, 0.3) is 0 Å². The normalized spacial score (nSPS) is 11.9. The summed E-state index contributed by atoms with van der Waals surface area (Å²) in [5.41, 5.74) is -0.0269. The predicted octanol–water partition coefficient (Wildman–Crippen LogP) is 3.07. The number of ether oxygens (including phenoxy) is 2. The Labute approximate surface area is 150 Å². The van der Waals surface area contributed by atoms with Crippen LogP contribution in [0.2, 0.25) is 0 Å². The molecule has 0 unspecified atom stereocenters. The van der Waals surface area contributed by atoms with Gasteiger partial charge < -0.3 is 19.4 Å². The van der Waals surface area contributed by atoms with E-state index >= 15 is 0 Å². The lowest BCUT2D eigenvalue weighted by Crippen LogP contribution is -2.47. The number of amides is 1. The summed E-state index contributed by atoms with van der Waals surface area (Å²) >= 11 is 0. The fourth-order valence-electron chi connectivity index (χ4n) is 2.40. The molecule has 0 radical (unpaired) electrons. The van der Waals surface area contributed by atoms with E-state index in [0.717, 1.165) is 5.69 Å². The van der Waals surface area contributed by atoms with Gasteiger partial charge in [-0.1, -0.05) is 0 Å². The van der Waals surface area contributed by atoms with Gasteiger partial charge in [0.05, 0.1) is 12.9 Å². The second kappa shape index (κ2) is 8.87. The number of imidazole rings is 1. The summed E-state index contributed by atoms with van der Waals surface area (Å²) in [5, 5.41) is 2.89. The van der Waals surface area contributed by atoms with Gasteiger partial charge in [-0.15, -0.1) is 0 Å². The number of carbonyl (C=O) groups is 2. The van der Waals surface area contributed by atoms with E-state index < -0.39 is 17.2 Å². The molecule has 1 aromatic rings. The molecule has 0 aliphatic carbocycles. The Morgan fingerprint density at radius 1 is 1.24 bits per heavy atom. The third kappa shape index (κ3) is 8.56. The molecule has 142 valence electrons. The van der Waals surface area contributed by atoms with E-state index in [0.29, 0.717) is 32.4 Å². The number of hydrogen-bond donors (Lipinski definition) is 1. The average molecular weight is 353 g/mol. The maximum absolute atomic E-state index is 12.0. The number of hydrogen-bond acceptors (Lipinski definition) is 5. The van der Waals surface area contributed by atoms with Crippen LogP contribution in [0.4, 0.5) is 4.79 Å². The summed E-state index contributed by atoms with van der Waals surface area (Å²) < 4.78 is 12.2. The molecule has 7 heteroatoms. The highest BCUT2D eigenvalue weighted by atomic mass is 16.6. The largest absolute Gasteiger partial charge is 0.466 e. The van der Waals surface area contributed by atoms with Crippen LogP contribution in [0.1, 0.15) is 60.1 Å². The summed E-state index contributed by atoms with van der Waals surface area (Å²) in [6.07, 6.45) is 4.75. The zero-order valence-electron chi connectivity index (χ0n) is 16.2. The molecule has 0 saturated carbocycles. The first-order valence-corrected chi connectivity index (χ1v) is 8.68. The zero-order chi connectivity index (χ0) is 19.1. The number of rotatable bonds is 8. The number of aryl methyl sites for hydroxylation is 1. The van der Waals surface area contributed by atoms with Crippen molar-refractivity contribution in [3.8, 4) is 0 Å². The monoisotopic (exact) mass is 353 g/mol. The molecule has 7 nitrogen and oxygen atoms in total. The Morgan fingerprint density at radius 3 is 2.52 bits per heavy atom. The molecule has 0 saturated heterocycles. The molecular weight excluding hydrogens is 322 g/mol. The third-order valence-corrected chi connectivity index (χ3v) is 3.35. The lowest BCUT2D eigenvalue weighted by atomic mass is 9.99. The first kappa shape index (κ1) is 21.0. The molecule has 1 rings (SSSR count). The molecule has 0 fully saturated rings. The summed E-state index contributed by atoms with van der Waals surface area (Å²) in [4.78, 5) is 27.6. The van der Waals surface area contributed by atoms with Crippen molar-refractivity contribution in [2.45, 2.75) is 78.5 Å². The highest BCUT2D eigenvalue weighted by Crippen LogP contribution is 2.15. The second-order valence-corrected chi connectivity index (χ2v) is 7.67. The van der Waals surface area contributed by atoms with Crippen molar-refractivity contribution in [3.63, 3.8) is 0 Å². The van der Waals surface area contributed by atoms with Crippen molar-refractivity contribution in [1.82, 2.24) is 14.9 Å². The van der Waals surface area contributed by atoms with Gasteiger partial charge in [0, 0.05) is 36.8 Å². The SMILES string of the molecule is CCOC(=O)CCCn1cncc1CC(C)(C)NC(=O)OC(C)(C)C. The molecular formula is C18H31N3O4. The number of alkyl carbamates (subject to hydrolysis) is 1. The van der Waals surface area contributed by atoms with Crippen molar-refractivity contribution in [2.75, 3.05) is 6.61 Å². The molecule has 1 heterocycles. The van der Waals surface area contributed by atoms with Gasteiger partial charge in [0.15, 0.2) is 0 Å². The predicted molar refractivity (Wildman–Crippen MR) is 95.2 cm³/mol. The van der Waals surface area contributed by atoms with E-state index in [4.69, 9.17) is 9.47 Å². The minimum Gasteiger partial charge on any atom is -0.466 e. The van der Waals surface area contributed by atoms with E-state index in [2.05, 4.69) is 10.3 Å². The number of carbonyl (C=O) groups excluding carboxylic acids is 2. The van der Waals surface area contributed by atoms with Crippen LogP contribution in [0.25, 0.3) is 0 Å². The molecule has 1 aromatic heterocycles. The van der Waals surface area contributed by atoms with E-state index in [1.54, 1.807) is 19.4 Å². The van der Waals surface area contributed by atoms with E-state index in [-0.39, 0.29) is 5.97 Å². The maximum Gasteiger partial charge on any atom is 0.408 e. The van der Waals surface area contributed by atoms with Crippen molar-refractivity contribution >= 4 is 12.1 Å². The first-order chi connectivity index (χ1) is 11.5. The average Bonchev–Trinajstić information content (AvgIpc) is 2.82. The standard InChI is InChI=1S/C18H31N3O4/c1-7-24-15(22)9-8-10-21-13-19-12-14(21)11-18(5,6)20-16(23)25-17(2,3)4/h12-13H,7-11H2,1-6H3,(H,20,23). The molecule has 0 bridgehead atoms. The van der Waals surface area contributed by atoms with Crippen molar-refractivity contribution in [3.05, 3.63) is 18.2 Å². The van der Waals surface area contributed by atoms with Crippen LogP contribution in [0.5, 0.6) is 0 Å². The number of nitrogens with zero attached hydrogens (tertiary/aromatic N) is 2. The van der Waals surface area contributed by atoms with Gasteiger partial charge in [-0.25, -0.2) is 9.78 Å². The van der Waals surface area contributed by atoms with Crippen LogP contribution in [0.15, 0.2) is 12.5 Å². The van der Waals surface area contributed by atoms with Crippen LogP contribution >= 0.6 is 0 Å². The fraction of sp³-hybridized carbons (Fsp3) is 0.722. The van der Waals surface area contributed by atoms with Crippen LogP contribution in [-0.4, -0.2) is 39.4 Å². The van der Waals surface area contributed by atoms with Gasteiger partial charge in [-0.05, 0) is 48.0 Å². The van der Waals surface area contributed by atoms with Gasteiger partial charge in [-0.3, -0.25) is 4.79 Å². The summed E-state index contributed by atoms with van der Waals surface area (Å²) in [5.74, 6) is -0.184. The van der Waals surface area contributed by atoms with Crippen LogP contribution in [-0.2, 0) is 27.2 Å². The smallest absolute Gasteiger partial charge is 0.408 e. The number of esters is 1. The summed E-state index contributed by atoms with van der Waals surface area (Å²) in [6.45, 7) is 12.2. The molecule has 0 aromatic carbocycles. The van der Waals surface area contributed by atoms with Crippen LogP contribution < -0.4 is 5.32 Å². The van der Waals surface area contributed by atoms with Crippen LogP contribution in [0.3, 0.4) is 0 Å². The highest BCUT2D eigenvalue weighted by molar-refractivity contribution is 5.69.